The minimum absolute atomic E-state index is 0.0150. The standard InChI is InChI=1S/C17H21NO2S/c1-12-4-6-14(7-5-12)15-9-11-21-16(15)17(20)18(3)10-8-13(2)19/h4-7,9,11,13,19H,8,10H2,1-3H3. The van der Waals surface area contributed by atoms with Gasteiger partial charge in [0.05, 0.1) is 11.0 Å². The highest BCUT2D eigenvalue weighted by Crippen LogP contribution is 2.29. The quantitative estimate of drug-likeness (QED) is 0.917. The minimum Gasteiger partial charge on any atom is -0.393 e. The van der Waals surface area contributed by atoms with Crippen LogP contribution in [0.1, 0.15) is 28.6 Å². The Bertz CT molecular complexity index is 602. The van der Waals surface area contributed by atoms with Gasteiger partial charge in [-0.15, -0.1) is 11.3 Å². The summed E-state index contributed by atoms with van der Waals surface area (Å²) in [6.45, 7) is 4.34. The zero-order valence-electron chi connectivity index (χ0n) is 12.7. The molecule has 112 valence electrons. The van der Waals surface area contributed by atoms with E-state index >= 15 is 0 Å². The van der Waals surface area contributed by atoms with Crippen LogP contribution in [0.3, 0.4) is 0 Å². The van der Waals surface area contributed by atoms with E-state index in [-0.39, 0.29) is 12.0 Å². The number of carbonyl (C=O) groups is 1. The summed E-state index contributed by atoms with van der Waals surface area (Å²) in [6, 6.07) is 10.2. The van der Waals surface area contributed by atoms with Crippen molar-refractivity contribution in [1.29, 1.82) is 0 Å². The van der Waals surface area contributed by atoms with Crippen LogP contribution in [0.15, 0.2) is 35.7 Å². The summed E-state index contributed by atoms with van der Waals surface area (Å²) in [6.07, 6.45) is 0.202. The first-order valence-corrected chi connectivity index (χ1v) is 7.95. The fourth-order valence-corrected chi connectivity index (χ4v) is 3.00. The molecule has 2 aromatic rings. The monoisotopic (exact) mass is 303 g/mol. The molecule has 1 heterocycles. The van der Waals surface area contributed by atoms with Crippen molar-refractivity contribution in [2.75, 3.05) is 13.6 Å². The SMILES string of the molecule is Cc1ccc(-c2ccsc2C(=O)N(C)CCC(C)O)cc1. The molecule has 21 heavy (non-hydrogen) atoms. The van der Waals surface area contributed by atoms with E-state index in [9.17, 15) is 9.90 Å². The highest BCUT2D eigenvalue weighted by molar-refractivity contribution is 7.12. The molecule has 0 aliphatic heterocycles. The van der Waals surface area contributed by atoms with Gasteiger partial charge >= 0.3 is 0 Å². The van der Waals surface area contributed by atoms with Crippen molar-refractivity contribution in [3.8, 4) is 11.1 Å². The molecule has 1 aromatic heterocycles. The molecule has 0 saturated carbocycles. The second kappa shape index (κ2) is 6.87. The fourth-order valence-electron chi connectivity index (χ4n) is 2.09. The van der Waals surface area contributed by atoms with Gasteiger partial charge in [0.2, 0.25) is 0 Å². The predicted molar refractivity (Wildman–Crippen MR) is 87.8 cm³/mol. The zero-order chi connectivity index (χ0) is 15.4. The number of aliphatic hydroxyl groups is 1. The lowest BCUT2D eigenvalue weighted by atomic mass is 10.0. The van der Waals surface area contributed by atoms with Crippen molar-refractivity contribution in [3.05, 3.63) is 46.2 Å². The van der Waals surface area contributed by atoms with Gasteiger partial charge in [-0.3, -0.25) is 4.79 Å². The first-order valence-electron chi connectivity index (χ1n) is 7.07. The van der Waals surface area contributed by atoms with Crippen LogP contribution in [0, 0.1) is 6.92 Å². The first-order chi connectivity index (χ1) is 9.99. The Labute approximate surface area is 129 Å². The Morgan fingerprint density at radius 3 is 2.57 bits per heavy atom. The molecule has 2 rings (SSSR count). The number of hydrogen-bond acceptors (Lipinski definition) is 3. The topological polar surface area (TPSA) is 40.5 Å². The Morgan fingerprint density at radius 1 is 1.29 bits per heavy atom. The van der Waals surface area contributed by atoms with E-state index in [0.717, 1.165) is 16.0 Å². The second-order valence-corrected chi connectivity index (χ2v) is 6.31. The van der Waals surface area contributed by atoms with Crippen molar-refractivity contribution >= 4 is 17.2 Å². The molecule has 4 heteroatoms. The maximum atomic E-state index is 12.5. The molecule has 0 fully saturated rings. The molecule has 1 aromatic carbocycles. The lowest BCUT2D eigenvalue weighted by molar-refractivity contribution is 0.0774. The zero-order valence-corrected chi connectivity index (χ0v) is 13.5. The molecule has 1 N–H and O–H groups in total. The molecule has 1 atom stereocenters. The van der Waals surface area contributed by atoms with Crippen molar-refractivity contribution < 1.29 is 9.90 Å². The molecule has 1 unspecified atom stereocenters. The lowest BCUT2D eigenvalue weighted by Crippen LogP contribution is -2.29. The third-order valence-electron chi connectivity index (χ3n) is 3.45. The third-order valence-corrected chi connectivity index (χ3v) is 4.35. The van der Waals surface area contributed by atoms with E-state index in [0.29, 0.717) is 13.0 Å². The van der Waals surface area contributed by atoms with Gasteiger partial charge in [-0.1, -0.05) is 29.8 Å². The number of carbonyl (C=O) groups excluding carboxylic acids is 1. The molecule has 0 spiro atoms. The Kier molecular flexibility index (Phi) is 5.15. The molecule has 3 nitrogen and oxygen atoms in total. The molecule has 0 saturated heterocycles. The normalized spacial score (nSPS) is 12.2. The predicted octanol–water partition coefficient (Wildman–Crippen LogP) is 3.57. The summed E-state index contributed by atoms with van der Waals surface area (Å²) >= 11 is 1.47. The number of aryl methyl sites for hydroxylation is 1. The van der Waals surface area contributed by atoms with Crippen LogP contribution >= 0.6 is 11.3 Å². The van der Waals surface area contributed by atoms with E-state index in [1.807, 2.05) is 30.5 Å². The number of nitrogens with zero attached hydrogens (tertiary/aromatic N) is 1. The minimum atomic E-state index is -0.389. The molecule has 1 amide bonds. The van der Waals surface area contributed by atoms with Crippen LogP contribution in [0.25, 0.3) is 11.1 Å². The molecular weight excluding hydrogens is 282 g/mol. The maximum Gasteiger partial charge on any atom is 0.264 e. The number of aliphatic hydroxyl groups excluding tert-OH is 1. The highest BCUT2D eigenvalue weighted by atomic mass is 32.1. The van der Waals surface area contributed by atoms with Crippen LogP contribution in [0.4, 0.5) is 0 Å². The van der Waals surface area contributed by atoms with Crippen molar-refractivity contribution in [3.63, 3.8) is 0 Å². The van der Waals surface area contributed by atoms with Gasteiger partial charge in [-0.25, -0.2) is 0 Å². The number of thiophene rings is 1. The van der Waals surface area contributed by atoms with E-state index < -0.39 is 0 Å². The Hall–Kier alpha value is -1.65. The molecule has 0 radical (unpaired) electrons. The highest BCUT2D eigenvalue weighted by Gasteiger charge is 2.18. The van der Waals surface area contributed by atoms with Gasteiger partial charge in [0, 0.05) is 19.2 Å². The number of benzene rings is 1. The van der Waals surface area contributed by atoms with Crippen LogP contribution in [0.5, 0.6) is 0 Å². The van der Waals surface area contributed by atoms with Gasteiger partial charge in [-0.2, -0.15) is 0 Å². The lowest BCUT2D eigenvalue weighted by Gasteiger charge is -2.18. The van der Waals surface area contributed by atoms with Crippen molar-refractivity contribution in [1.82, 2.24) is 4.90 Å². The van der Waals surface area contributed by atoms with Gasteiger partial charge < -0.3 is 10.0 Å². The smallest absolute Gasteiger partial charge is 0.264 e. The molecule has 0 aliphatic rings. The molecular formula is C17H21NO2S. The van der Waals surface area contributed by atoms with Crippen LogP contribution in [-0.4, -0.2) is 35.6 Å². The van der Waals surface area contributed by atoms with Crippen LogP contribution in [0.2, 0.25) is 0 Å². The summed E-state index contributed by atoms with van der Waals surface area (Å²) in [5, 5.41) is 11.3. The van der Waals surface area contributed by atoms with E-state index in [4.69, 9.17) is 0 Å². The average Bonchev–Trinajstić information content (AvgIpc) is 2.94. The Balaban J connectivity index is 2.19. The van der Waals surface area contributed by atoms with E-state index in [1.54, 1.807) is 18.9 Å². The first kappa shape index (κ1) is 15.7. The number of amides is 1. The molecule has 0 aliphatic carbocycles. The Morgan fingerprint density at radius 2 is 1.95 bits per heavy atom. The summed E-state index contributed by atoms with van der Waals surface area (Å²) < 4.78 is 0. The van der Waals surface area contributed by atoms with Gasteiger partial charge in [-0.05, 0) is 37.3 Å². The number of rotatable bonds is 5. The maximum absolute atomic E-state index is 12.5. The van der Waals surface area contributed by atoms with Crippen molar-refractivity contribution in [2.24, 2.45) is 0 Å². The van der Waals surface area contributed by atoms with Crippen LogP contribution < -0.4 is 0 Å². The third kappa shape index (κ3) is 3.93. The number of hydrogen-bond donors (Lipinski definition) is 1. The largest absolute Gasteiger partial charge is 0.393 e. The summed E-state index contributed by atoms with van der Waals surface area (Å²) in [5.74, 6) is 0.0150. The van der Waals surface area contributed by atoms with Gasteiger partial charge in [0.25, 0.3) is 5.91 Å². The van der Waals surface area contributed by atoms with E-state index in [1.165, 1.54) is 16.9 Å². The van der Waals surface area contributed by atoms with E-state index in [2.05, 4.69) is 12.1 Å². The van der Waals surface area contributed by atoms with Crippen molar-refractivity contribution in [2.45, 2.75) is 26.4 Å². The van der Waals surface area contributed by atoms with Gasteiger partial charge in [0.15, 0.2) is 0 Å². The molecule has 0 bridgehead atoms. The second-order valence-electron chi connectivity index (χ2n) is 5.39. The fraction of sp³-hybridized carbons (Fsp3) is 0.353. The van der Waals surface area contributed by atoms with Gasteiger partial charge in [0.1, 0.15) is 0 Å². The summed E-state index contributed by atoms with van der Waals surface area (Å²) in [4.78, 5) is 15.0. The van der Waals surface area contributed by atoms with Crippen LogP contribution in [-0.2, 0) is 0 Å². The summed E-state index contributed by atoms with van der Waals surface area (Å²) in [7, 11) is 1.78. The summed E-state index contributed by atoms with van der Waals surface area (Å²) in [5.41, 5.74) is 3.25. The average molecular weight is 303 g/mol.